The van der Waals surface area contributed by atoms with Crippen molar-refractivity contribution in [3.8, 4) is 11.4 Å². The maximum atomic E-state index is 12.4. The molecule has 4 aromatic rings. The number of fused-ring (bicyclic) bond motifs is 1. The van der Waals surface area contributed by atoms with Crippen molar-refractivity contribution >= 4 is 11.6 Å². The number of aromatic nitrogens is 6. The second-order valence-corrected chi connectivity index (χ2v) is 5.16. The van der Waals surface area contributed by atoms with Gasteiger partial charge in [-0.05, 0) is 18.2 Å². The normalized spacial score (nSPS) is 10.8. The third-order valence-electron chi connectivity index (χ3n) is 3.60. The van der Waals surface area contributed by atoms with Crippen molar-refractivity contribution in [1.29, 1.82) is 0 Å². The van der Waals surface area contributed by atoms with Crippen LogP contribution in [0, 0.1) is 0 Å². The molecule has 0 spiro atoms. The van der Waals surface area contributed by atoms with Gasteiger partial charge in [0.1, 0.15) is 6.33 Å². The molecule has 0 radical (unpaired) electrons. The number of amides is 1. The Morgan fingerprint density at radius 3 is 3.08 bits per heavy atom. The smallest absolute Gasteiger partial charge is 0.251 e. The van der Waals surface area contributed by atoms with Crippen LogP contribution in [0.1, 0.15) is 15.9 Å². The molecule has 0 aliphatic heterocycles. The third kappa shape index (κ3) is 2.60. The van der Waals surface area contributed by atoms with Crippen LogP contribution in [0.5, 0.6) is 0 Å². The molecule has 118 valence electrons. The maximum Gasteiger partial charge on any atom is 0.251 e. The van der Waals surface area contributed by atoms with Gasteiger partial charge in [-0.1, -0.05) is 12.1 Å². The average Bonchev–Trinajstić information content (AvgIpc) is 3.30. The van der Waals surface area contributed by atoms with Crippen molar-refractivity contribution in [3.05, 3.63) is 66.4 Å². The Balaban J connectivity index is 1.51. The zero-order valence-corrected chi connectivity index (χ0v) is 12.5. The zero-order valence-electron chi connectivity index (χ0n) is 12.5. The molecule has 0 bridgehead atoms. The number of carbonyl (C=O) groups excluding carboxylic acids is 1. The van der Waals surface area contributed by atoms with Gasteiger partial charge in [0, 0.05) is 35.6 Å². The van der Waals surface area contributed by atoms with E-state index in [2.05, 4.69) is 30.6 Å². The van der Waals surface area contributed by atoms with Gasteiger partial charge in [0.25, 0.3) is 5.91 Å². The van der Waals surface area contributed by atoms with Crippen LogP contribution in [0.15, 0.2) is 55.2 Å². The molecule has 4 rings (SSSR count). The zero-order chi connectivity index (χ0) is 16.4. The number of benzene rings is 1. The molecule has 1 amide bonds. The van der Waals surface area contributed by atoms with E-state index in [4.69, 9.17) is 0 Å². The van der Waals surface area contributed by atoms with E-state index in [0.29, 0.717) is 17.9 Å². The highest BCUT2D eigenvalue weighted by Crippen LogP contribution is 2.15. The maximum absolute atomic E-state index is 12.4. The van der Waals surface area contributed by atoms with Crippen LogP contribution in [0.25, 0.3) is 17.0 Å². The van der Waals surface area contributed by atoms with Crippen molar-refractivity contribution < 1.29 is 4.79 Å². The summed E-state index contributed by atoms with van der Waals surface area (Å²) < 4.78 is 1.67. The SMILES string of the molecule is O=C(NCc1cnn2cccnc12)c1cccc(-c2ncn[nH]2)c1. The minimum Gasteiger partial charge on any atom is -0.348 e. The molecule has 0 atom stereocenters. The van der Waals surface area contributed by atoms with Gasteiger partial charge in [-0.15, -0.1) is 0 Å². The van der Waals surface area contributed by atoms with Gasteiger partial charge in [-0.2, -0.15) is 10.2 Å². The monoisotopic (exact) mass is 319 g/mol. The second-order valence-electron chi connectivity index (χ2n) is 5.16. The van der Waals surface area contributed by atoms with Gasteiger partial charge < -0.3 is 5.32 Å². The van der Waals surface area contributed by atoms with Crippen LogP contribution >= 0.6 is 0 Å². The summed E-state index contributed by atoms with van der Waals surface area (Å²) in [6.07, 6.45) is 6.64. The number of H-pyrrole nitrogens is 1. The van der Waals surface area contributed by atoms with Crippen LogP contribution in [-0.4, -0.2) is 35.7 Å². The number of hydrogen-bond acceptors (Lipinski definition) is 5. The minimum absolute atomic E-state index is 0.174. The topological polar surface area (TPSA) is 101 Å². The lowest BCUT2D eigenvalue weighted by Crippen LogP contribution is -2.22. The largest absolute Gasteiger partial charge is 0.348 e. The quantitative estimate of drug-likeness (QED) is 0.593. The molecule has 8 nitrogen and oxygen atoms in total. The van der Waals surface area contributed by atoms with Crippen molar-refractivity contribution in [2.45, 2.75) is 6.54 Å². The minimum atomic E-state index is -0.174. The third-order valence-corrected chi connectivity index (χ3v) is 3.60. The molecule has 3 heterocycles. The highest BCUT2D eigenvalue weighted by Gasteiger charge is 2.10. The predicted molar refractivity (Wildman–Crippen MR) is 86.0 cm³/mol. The molecule has 8 heteroatoms. The summed E-state index contributed by atoms with van der Waals surface area (Å²) in [5.74, 6) is 0.447. The first-order valence-corrected chi connectivity index (χ1v) is 7.32. The molecule has 0 saturated heterocycles. The van der Waals surface area contributed by atoms with Crippen molar-refractivity contribution in [2.24, 2.45) is 0 Å². The number of carbonyl (C=O) groups is 1. The average molecular weight is 319 g/mol. The van der Waals surface area contributed by atoms with E-state index in [1.807, 2.05) is 18.3 Å². The van der Waals surface area contributed by atoms with E-state index in [-0.39, 0.29) is 5.91 Å². The Labute approximate surface area is 136 Å². The lowest BCUT2D eigenvalue weighted by Gasteiger charge is -2.05. The van der Waals surface area contributed by atoms with Gasteiger partial charge in [0.2, 0.25) is 0 Å². The van der Waals surface area contributed by atoms with Gasteiger partial charge >= 0.3 is 0 Å². The summed E-state index contributed by atoms with van der Waals surface area (Å²) in [6, 6.07) is 9.00. The molecular weight excluding hydrogens is 306 g/mol. The summed E-state index contributed by atoms with van der Waals surface area (Å²) in [7, 11) is 0. The predicted octanol–water partition coefficient (Wildman–Crippen LogP) is 1.44. The van der Waals surface area contributed by atoms with E-state index in [0.717, 1.165) is 16.8 Å². The van der Waals surface area contributed by atoms with Crippen molar-refractivity contribution in [1.82, 2.24) is 35.1 Å². The van der Waals surface area contributed by atoms with Gasteiger partial charge in [-0.3, -0.25) is 9.89 Å². The number of hydrogen-bond donors (Lipinski definition) is 2. The van der Waals surface area contributed by atoms with E-state index < -0.39 is 0 Å². The summed E-state index contributed by atoms with van der Waals surface area (Å²) in [6.45, 7) is 0.353. The first kappa shape index (κ1) is 14.1. The van der Waals surface area contributed by atoms with Crippen LogP contribution in [-0.2, 0) is 6.54 Å². The van der Waals surface area contributed by atoms with E-state index in [9.17, 15) is 4.79 Å². The van der Waals surface area contributed by atoms with Gasteiger partial charge in [-0.25, -0.2) is 14.5 Å². The van der Waals surface area contributed by atoms with Crippen molar-refractivity contribution in [3.63, 3.8) is 0 Å². The van der Waals surface area contributed by atoms with Crippen LogP contribution in [0.4, 0.5) is 0 Å². The van der Waals surface area contributed by atoms with Crippen LogP contribution in [0.2, 0.25) is 0 Å². The van der Waals surface area contributed by atoms with E-state index in [1.54, 1.807) is 35.1 Å². The number of nitrogens with one attached hydrogen (secondary N) is 2. The Kier molecular flexibility index (Phi) is 3.47. The van der Waals surface area contributed by atoms with E-state index in [1.165, 1.54) is 6.33 Å². The summed E-state index contributed by atoms with van der Waals surface area (Å²) in [5, 5.41) is 13.7. The molecule has 24 heavy (non-hydrogen) atoms. The molecular formula is C16H13N7O. The first-order chi connectivity index (χ1) is 11.8. The van der Waals surface area contributed by atoms with Crippen molar-refractivity contribution in [2.75, 3.05) is 0 Å². The molecule has 0 unspecified atom stereocenters. The van der Waals surface area contributed by atoms with E-state index >= 15 is 0 Å². The molecule has 0 saturated carbocycles. The fourth-order valence-electron chi connectivity index (χ4n) is 2.43. The standard InChI is InChI=1S/C16H13N7O/c24-16(12-4-1-3-11(7-12)14-19-10-20-22-14)18-8-13-9-21-23-6-2-5-17-15(13)23/h1-7,9-10H,8H2,(H,18,24)(H,19,20,22). The molecule has 0 fully saturated rings. The lowest BCUT2D eigenvalue weighted by molar-refractivity contribution is 0.0951. The fraction of sp³-hybridized carbons (Fsp3) is 0.0625. The molecule has 2 N–H and O–H groups in total. The number of aromatic amines is 1. The highest BCUT2D eigenvalue weighted by atomic mass is 16.1. The summed E-state index contributed by atoms with van der Waals surface area (Å²) in [5.41, 5.74) is 2.94. The summed E-state index contributed by atoms with van der Waals surface area (Å²) >= 11 is 0. The Morgan fingerprint density at radius 1 is 1.25 bits per heavy atom. The Bertz CT molecular complexity index is 991. The molecule has 0 aliphatic rings. The highest BCUT2D eigenvalue weighted by molar-refractivity contribution is 5.95. The molecule has 1 aromatic carbocycles. The molecule has 0 aliphatic carbocycles. The fourth-order valence-corrected chi connectivity index (χ4v) is 2.43. The Hall–Kier alpha value is -3.55. The number of rotatable bonds is 4. The van der Waals surface area contributed by atoms with Crippen LogP contribution in [0.3, 0.4) is 0 Å². The first-order valence-electron chi connectivity index (χ1n) is 7.32. The second kappa shape index (κ2) is 5.92. The lowest BCUT2D eigenvalue weighted by atomic mass is 10.1. The van der Waals surface area contributed by atoms with Gasteiger partial charge in [0.15, 0.2) is 11.5 Å². The Morgan fingerprint density at radius 2 is 2.21 bits per heavy atom. The van der Waals surface area contributed by atoms with Gasteiger partial charge in [0.05, 0.1) is 6.20 Å². The molecule has 3 aromatic heterocycles. The number of nitrogens with zero attached hydrogens (tertiary/aromatic N) is 5. The van der Waals surface area contributed by atoms with Crippen LogP contribution < -0.4 is 5.32 Å². The summed E-state index contributed by atoms with van der Waals surface area (Å²) in [4.78, 5) is 20.8.